The van der Waals surface area contributed by atoms with Crippen LogP contribution in [0.25, 0.3) is 11.3 Å². The minimum atomic E-state index is -1.05. The van der Waals surface area contributed by atoms with Gasteiger partial charge in [0, 0.05) is 50.4 Å². The second-order valence-electron chi connectivity index (χ2n) is 10.2. The first kappa shape index (κ1) is 29.4. The average molecular weight is 541 g/mol. The molecule has 0 radical (unpaired) electrons. The number of aromatic nitrogens is 1. The van der Waals surface area contributed by atoms with Crippen LogP contribution in [0.15, 0.2) is 47.3 Å². The van der Waals surface area contributed by atoms with Gasteiger partial charge in [-0.2, -0.15) is 0 Å². The second-order valence-corrected chi connectivity index (χ2v) is 10.2. The number of rotatable bonds is 8. The zero-order valence-electron chi connectivity index (χ0n) is 22.8. The van der Waals surface area contributed by atoms with Crippen molar-refractivity contribution in [2.75, 3.05) is 32.8 Å². The van der Waals surface area contributed by atoms with Crippen LogP contribution < -0.4 is 10.7 Å². The topological polar surface area (TPSA) is 138 Å². The molecule has 1 aliphatic rings. The van der Waals surface area contributed by atoms with Gasteiger partial charge in [-0.1, -0.05) is 30.3 Å². The first-order chi connectivity index (χ1) is 18.5. The van der Waals surface area contributed by atoms with E-state index in [1.165, 1.54) is 11.0 Å². The number of esters is 1. The van der Waals surface area contributed by atoms with Gasteiger partial charge in [0.25, 0.3) is 5.91 Å². The smallest absolute Gasteiger partial charge is 0.409 e. The highest BCUT2D eigenvalue weighted by atomic mass is 16.6. The van der Waals surface area contributed by atoms with Gasteiger partial charge in [-0.25, -0.2) is 4.79 Å². The summed E-state index contributed by atoms with van der Waals surface area (Å²) in [6.07, 6.45) is -0.543. The van der Waals surface area contributed by atoms with E-state index in [0.717, 1.165) is 11.6 Å². The Morgan fingerprint density at radius 1 is 1.00 bits per heavy atom. The van der Waals surface area contributed by atoms with Crippen LogP contribution in [-0.4, -0.2) is 83.1 Å². The third-order valence-electron chi connectivity index (χ3n) is 5.95. The predicted octanol–water partition coefficient (Wildman–Crippen LogP) is 2.56. The van der Waals surface area contributed by atoms with Gasteiger partial charge in [0.05, 0.1) is 6.61 Å². The van der Waals surface area contributed by atoms with E-state index in [1.807, 2.05) is 18.2 Å². The normalized spacial score (nSPS) is 14.4. The van der Waals surface area contributed by atoms with Gasteiger partial charge in [-0.15, -0.1) is 0 Å². The number of nitrogens with one attached hydrogen (secondary N) is 2. The van der Waals surface area contributed by atoms with E-state index in [2.05, 4.69) is 10.3 Å². The summed E-state index contributed by atoms with van der Waals surface area (Å²) in [4.78, 5) is 69.5. The van der Waals surface area contributed by atoms with E-state index in [0.29, 0.717) is 5.69 Å². The number of pyridine rings is 1. The van der Waals surface area contributed by atoms with Crippen molar-refractivity contribution in [3.05, 3.63) is 58.4 Å². The summed E-state index contributed by atoms with van der Waals surface area (Å²) in [6, 6.07) is 10.6. The maximum atomic E-state index is 13.5. The van der Waals surface area contributed by atoms with Crippen LogP contribution in [0.2, 0.25) is 0 Å². The monoisotopic (exact) mass is 540 g/mol. The third-order valence-corrected chi connectivity index (χ3v) is 5.95. The summed E-state index contributed by atoms with van der Waals surface area (Å²) in [5.74, 6) is -1.55. The number of ether oxygens (including phenoxy) is 2. The standard InChI is InChI=1S/C28H36N4O7/c1-5-38-27(37)32-15-13-31(14-16-32)26(36)21(11-12-24(34)39-28(2,3)4)30-25(35)23-18-20(33)17-22(29-23)19-9-7-6-8-10-19/h6-10,17-18,21H,5,11-16H2,1-4H3,(H,29,33)(H,30,35). The summed E-state index contributed by atoms with van der Waals surface area (Å²) < 4.78 is 10.4. The van der Waals surface area contributed by atoms with Gasteiger partial charge in [0.2, 0.25) is 5.91 Å². The summed E-state index contributed by atoms with van der Waals surface area (Å²) >= 11 is 0. The van der Waals surface area contributed by atoms with Gasteiger partial charge in [0.1, 0.15) is 17.3 Å². The molecule has 1 aromatic carbocycles. The first-order valence-electron chi connectivity index (χ1n) is 13.0. The van der Waals surface area contributed by atoms with Crippen molar-refractivity contribution in [1.82, 2.24) is 20.1 Å². The molecule has 1 atom stereocenters. The van der Waals surface area contributed by atoms with E-state index >= 15 is 0 Å². The lowest BCUT2D eigenvalue weighted by Crippen LogP contribution is -2.56. The lowest BCUT2D eigenvalue weighted by atomic mass is 10.1. The Morgan fingerprint density at radius 2 is 1.64 bits per heavy atom. The molecule has 0 spiro atoms. The molecular weight excluding hydrogens is 504 g/mol. The van der Waals surface area contributed by atoms with Crippen molar-refractivity contribution < 1.29 is 28.7 Å². The molecule has 1 aromatic heterocycles. The highest BCUT2D eigenvalue weighted by Crippen LogP contribution is 2.16. The van der Waals surface area contributed by atoms with E-state index < -0.39 is 35.5 Å². The van der Waals surface area contributed by atoms with Crippen LogP contribution in [0.5, 0.6) is 0 Å². The molecule has 11 heteroatoms. The molecule has 1 saturated heterocycles. The molecule has 11 nitrogen and oxygen atoms in total. The van der Waals surface area contributed by atoms with Crippen LogP contribution in [0.4, 0.5) is 4.79 Å². The molecule has 39 heavy (non-hydrogen) atoms. The van der Waals surface area contributed by atoms with Gasteiger partial charge in [0.15, 0.2) is 5.43 Å². The molecule has 210 valence electrons. The third kappa shape index (κ3) is 8.69. The number of aromatic amines is 1. The Kier molecular flexibility index (Phi) is 9.86. The molecule has 2 aromatic rings. The molecule has 0 saturated carbocycles. The van der Waals surface area contributed by atoms with E-state index in [1.54, 1.807) is 44.7 Å². The molecule has 0 bridgehead atoms. The molecule has 1 aliphatic heterocycles. The van der Waals surface area contributed by atoms with E-state index in [9.17, 15) is 24.0 Å². The number of carbonyl (C=O) groups is 4. The van der Waals surface area contributed by atoms with E-state index in [-0.39, 0.29) is 56.8 Å². The zero-order chi connectivity index (χ0) is 28.6. The Labute approximate surface area is 227 Å². The second kappa shape index (κ2) is 13.1. The number of nitrogens with zero attached hydrogens (tertiary/aromatic N) is 2. The largest absolute Gasteiger partial charge is 0.460 e. The maximum Gasteiger partial charge on any atom is 0.409 e. The number of amides is 3. The fourth-order valence-electron chi connectivity index (χ4n) is 4.13. The van der Waals surface area contributed by atoms with Crippen molar-refractivity contribution in [1.29, 1.82) is 0 Å². The molecule has 2 N–H and O–H groups in total. The SMILES string of the molecule is CCOC(=O)N1CCN(C(=O)C(CCC(=O)OC(C)(C)C)NC(=O)c2cc(=O)cc(-c3ccccc3)[nH]2)CC1. The highest BCUT2D eigenvalue weighted by molar-refractivity contribution is 5.96. The minimum Gasteiger partial charge on any atom is -0.460 e. The molecule has 3 amide bonds. The van der Waals surface area contributed by atoms with Crippen molar-refractivity contribution in [2.45, 2.75) is 52.2 Å². The Morgan fingerprint density at radius 3 is 2.26 bits per heavy atom. The summed E-state index contributed by atoms with van der Waals surface area (Å²) in [5, 5.41) is 2.70. The van der Waals surface area contributed by atoms with Crippen LogP contribution in [0.1, 0.15) is 51.0 Å². The number of H-pyrrole nitrogens is 1. The summed E-state index contributed by atoms with van der Waals surface area (Å²) in [7, 11) is 0. The summed E-state index contributed by atoms with van der Waals surface area (Å²) in [6.45, 7) is 8.26. The van der Waals surface area contributed by atoms with Crippen molar-refractivity contribution in [3.63, 3.8) is 0 Å². The van der Waals surface area contributed by atoms with Gasteiger partial charge < -0.3 is 29.6 Å². The molecule has 2 heterocycles. The Balaban J connectivity index is 1.76. The fourth-order valence-corrected chi connectivity index (χ4v) is 4.13. The molecule has 0 aliphatic carbocycles. The number of benzene rings is 1. The Bertz CT molecular complexity index is 1230. The number of carbonyl (C=O) groups excluding carboxylic acids is 4. The Hall–Kier alpha value is -4.15. The number of hydrogen-bond acceptors (Lipinski definition) is 7. The van der Waals surface area contributed by atoms with Gasteiger partial charge in [-0.05, 0) is 39.7 Å². The highest BCUT2D eigenvalue weighted by Gasteiger charge is 2.31. The summed E-state index contributed by atoms with van der Waals surface area (Å²) in [5.41, 5.74) is 0.106. The van der Waals surface area contributed by atoms with Gasteiger partial charge >= 0.3 is 12.1 Å². The van der Waals surface area contributed by atoms with Crippen molar-refractivity contribution in [3.8, 4) is 11.3 Å². The van der Waals surface area contributed by atoms with E-state index in [4.69, 9.17) is 9.47 Å². The maximum absolute atomic E-state index is 13.5. The minimum absolute atomic E-state index is 0.000184. The quantitative estimate of drug-likeness (QED) is 0.491. The van der Waals surface area contributed by atoms with Crippen molar-refractivity contribution in [2.24, 2.45) is 0 Å². The predicted molar refractivity (Wildman–Crippen MR) is 144 cm³/mol. The van der Waals surface area contributed by atoms with Gasteiger partial charge in [-0.3, -0.25) is 19.2 Å². The lowest BCUT2D eigenvalue weighted by molar-refractivity contribution is -0.155. The van der Waals surface area contributed by atoms with Crippen LogP contribution in [0, 0.1) is 0 Å². The van der Waals surface area contributed by atoms with Crippen LogP contribution in [0.3, 0.4) is 0 Å². The molecule has 1 unspecified atom stereocenters. The number of hydrogen-bond donors (Lipinski definition) is 2. The number of piperazine rings is 1. The zero-order valence-corrected chi connectivity index (χ0v) is 22.8. The molecular formula is C28H36N4O7. The average Bonchev–Trinajstić information content (AvgIpc) is 2.90. The van der Waals surface area contributed by atoms with Crippen molar-refractivity contribution >= 4 is 23.9 Å². The lowest BCUT2D eigenvalue weighted by Gasteiger charge is -2.36. The molecule has 3 rings (SSSR count). The fraction of sp³-hybridized carbons (Fsp3) is 0.464. The van der Waals surface area contributed by atoms with Crippen LogP contribution >= 0.6 is 0 Å². The molecule has 1 fully saturated rings. The van der Waals surface area contributed by atoms with Crippen LogP contribution in [-0.2, 0) is 19.1 Å². The first-order valence-corrected chi connectivity index (χ1v) is 13.0.